The predicted octanol–water partition coefficient (Wildman–Crippen LogP) is 2.61. The number of aromatic nitrogens is 2. The average Bonchev–Trinajstić information content (AvgIpc) is 3.25. The van der Waals surface area contributed by atoms with E-state index in [1.807, 2.05) is 6.07 Å². The summed E-state index contributed by atoms with van der Waals surface area (Å²) in [6.07, 6.45) is 2.22. The van der Waals surface area contributed by atoms with Crippen molar-refractivity contribution in [3.63, 3.8) is 0 Å². The van der Waals surface area contributed by atoms with Gasteiger partial charge in [0.2, 0.25) is 0 Å². The normalized spacial score (nSPS) is 16.7. The molecule has 156 valence electrons. The van der Waals surface area contributed by atoms with E-state index >= 15 is 0 Å². The Morgan fingerprint density at radius 1 is 1.20 bits per heavy atom. The molecule has 0 bridgehead atoms. The first-order valence-electron chi connectivity index (χ1n) is 10.3. The van der Waals surface area contributed by atoms with Gasteiger partial charge in [-0.05, 0) is 44.1 Å². The zero-order valence-electron chi connectivity index (χ0n) is 17.3. The largest absolute Gasteiger partial charge is 0.497 e. The minimum atomic E-state index is -0.275. The lowest BCUT2D eigenvalue weighted by Gasteiger charge is -2.23. The van der Waals surface area contributed by atoms with E-state index in [1.165, 1.54) is 4.68 Å². The summed E-state index contributed by atoms with van der Waals surface area (Å²) < 4.78 is 6.54. The number of fused-ring (bicyclic) bond motifs is 1. The minimum Gasteiger partial charge on any atom is -0.497 e. The van der Waals surface area contributed by atoms with E-state index in [0.717, 1.165) is 25.9 Å². The molecule has 2 aromatic carbocycles. The van der Waals surface area contributed by atoms with Gasteiger partial charge in [-0.3, -0.25) is 14.5 Å². The Morgan fingerprint density at radius 2 is 2.00 bits per heavy atom. The van der Waals surface area contributed by atoms with Crippen LogP contribution in [0.1, 0.15) is 30.3 Å². The summed E-state index contributed by atoms with van der Waals surface area (Å²) in [6.45, 7) is 4.75. The molecule has 0 spiro atoms. The Bertz CT molecular complexity index is 1120. The van der Waals surface area contributed by atoms with Crippen LogP contribution in [0, 0.1) is 0 Å². The number of nitrogens with one attached hydrogen (secondary N) is 1. The second-order valence-corrected chi connectivity index (χ2v) is 7.45. The van der Waals surface area contributed by atoms with Crippen molar-refractivity contribution in [2.24, 2.45) is 0 Å². The van der Waals surface area contributed by atoms with Gasteiger partial charge in [0.15, 0.2) is 5.69 Å². The van der Waals surface area contributed by atoms with E-state index in [-0.39, 0.29) is 17.2 Å². The Morgan fingerprint density at radius 3 is 2.77 bits per heavy atom. The first-order valence-corrected chi connectivity index (χ1v) is 10.3. The van der Waals surface area contributed by atoms with Crippen molar-refractivity contribution in [1.82, 2.24) is 20.0 Å². The topological polar surface area (TPSA) is 76.5 Å². The number of hydrogen-bond donors (Lipinski definition) is 1. The van der Waals surface area contributed by atoms with Gasteiger partial charge in [-0.15, -0.1) is 0 Å². The lowest BCUT2D eigenvalue weighted by molar-refractivity contribution is 0.0936. The van der Waals surface area contributed by atoms with Crippen molar-refractivity contribution >= 4 is 16.7 Å². The fraction of sp³-hybridized carbons (Fsp3) is 0.348. The molecule has 0 saturated carbocycles. The smallest absolute Gasteiger partial charge is 0.279 e. The lowest BCUT2D eigenvalue weighted by atomic mass is 10.1. The fourth-order valence-corrected chi connectivity index (χ4v) is 4.11. The Hall–Kier alpha value is -3.19. The van der Waals surface area contributed by atoms with Crippen LogP contribution in [0.5, 0.6) is 5.75 Å². The van der Waals surface area contributed by atoms with Gasteiger partial charge in [-0.25, -0.2) is 0 Å². The third-order valence-corrected chi connectivity index (χ3v) is 5.72. The molecule has 1 amide bonds. The van der Waals surface area contributed by atoms with Gasteiger partial charge < -0.3 is 10.1 Å². The number of carbonyl (C=O) groups is 1. The van der Waals surface area contributed by atoms with Crippen molar-refractivity contribution in [2.75, 3.05) is 26.7 Å². The van der Waals surface area contributed by atoms with E-state index in [2.05, 4.69) is 22.2 Å². The molecule has 1 fully saturated rings. The Balaban J connectivity index is 1.72. The van der Waals surface area contributed by atoms with Crippen LogP contribution in [-0.4, -0.2) is 53.4 Å². The van der Waals surface area contributed by atoms with E-state index < -0.39 is 0 Å². The lowest BCUT2D eigenvalue weighted by Crippen LogP contribution is -2.40. The molecule has 1 N–H and O–H groups in total. The summed E-state index contributed by atoms with van der Waals surface area (Å²) in [5, 5.41) is 8.50. The number of amides is 1. The van der Waals surface area contributed by atoms with Crippen molar-refractivity contribution in [2.45, 2.75) is 25.8 Å². The molecular formula is C23H26N4O3. The zero-order chi connectivity index (χ0) is 21.1. The van der Waals surface area contributed by atoms with Crippen LogP contribution < -0.4 is 15.6 Å². The van der Waals surface area contributed by atoms with Crippen molar-refractivity contribution in [1.29, 1.82) is 0 Å². The van der Waals surface area contributed by atoms with E-state index in [1.54, 1.807) is 49.6 Å². The van der Waals surface area contributed by atoms with Crippen LogP contribution in [0.25, 0.3) is 16.5 Å². The van der Waals surface area contributed by atoms with Crippen molar-refractivity contribution in [3.05, 3.63) is 64.6 Å². The summed E-state index contributed by atoms with van der Waals surface area (Å²) in [6, 6.07) is 14.5. The number of likely N-dealkylation sites (tertiary alicyclic amines) is 1. The van der Waals surface area contributed by atoms with E-state index in [0.29, 0.717) is 34.8 Å². The number of carbonyl (C=O) groups excluding carboxylic acids is 1. The first kappa shape index (κ1) is 20.1. The van der Waals surface area contributed by atoms with Crippen LogP contribution in [-0.2, 0) is 0 Å². The van der Waals surface area contributed by atoms with Gasteiger partial charge in [0.05, 0.1) is 18.2 Å². The molecule has 7 heteroatoms. The van der Waals surface area contributed by atoms with Gasteiger partial charge in [-0.1, -0.05) is 31.2 Å². The molecule has 1 unspecified atom stereocenters. The zero-order valence-corrected chi connectivity index (χ0v) is 17.3. The van der Waals surface area contributed by atoms with E-state index in [4.69, 9.17) is 4.74 Å². The average molecular weight is 406 g/mol. The van der Waals surface area contributed by atoms with Gasteiger partial charge in [0.1, 0.15) is 5.75 Å². The molecule has 1 aliphatic rings. The number of ether oxygens (including phenoxy) is 1. The van der Waals surface area contributed by atoms with Crippen LogP contribution in [0.3, 0.4) is 0 Å². The Kier molecular flexibility index (Phi) is 5.81. The number of methoxy groups -OCH3 is 1. The molecule has 0 radical (unpaired) electrons. The quantitative estimate of drug-likeness (QED) is 0.681. The molecule has 3 aromatic rings. The summed E-state index contributed by atoms with van der Waals surface area (Å²) in [5.74, 6) is 0.340. The molecule has 1 saturated heterocycles. The van der Waals surface area contributed by atoms with Gasteiger partial charge in [0, 0.05) is 24.0 Å². The summed E-state index contributed by atoms with van der Waals surface area (Å²) in [4.78, 5) is 28.5. The van der Waals surface area contributed by atoms with Crippen LogP contribution >= 0.6 is 0 Å². The highest BCUT2D eigenvalue weighted by molar-refractivity contribution is 6.04. The number of hydrogen-bond acceptors (Lipinski definition) is 5. The second kappa shape index (κ2) is 8.67. The molecule has 1 atom stereocenters. The molecule has 2 heterocycles. The van der Waals surface area contributed by atoms with Gasteiger partial charge in [0.25, 0.3) is 11.5 Å². The number of benzene rings is 2. The van der Waals surface area contributed by atoms with Gasteiger partial charge in [-0.2, -0.15) is 9.78 Å². The number of nitrogens with zero attached hydrogens (tertiary/aromatic N) is 3. The summed E-state index contributed by atoms with van der Waals surface area (Å²) in [7, 11) is 1.57. The second-order valence-electron chi connectivity index (χ2n) is 7.45. The standard InChI is InChI=1S/C23H26N4O3/c1-3-26-13-7-9-17(26)15-24-22(28)21-19-11-4-5-12-20(19)23(29)27(25-21)16-8-6-10-18(14-16)30-2/h4-6,8,10-12,14,17H,3,7,9,13,15H2,1-2H3,(H,24,28). The Labute approximate surface area is 175 Å². The van der Waals surface area contributed by atoms with Crippen molar-refractivity contribution in [3.8, 4) is 11.4 Å². The molecule has 7 nitrogen and oxygen atoms in total. The number of likely N-dealkylation sites (N-methyl/N-ethyl adjacent to an activating group) is 1. The highest BCUT2D eigenvalue weighted by Crippen LogP contribution is 2.19. The van der Waals surface area contributed by atoms with Gasteiger partial charge >= 0.3 is 0 Å². The first-order chi connectivity index (χ1) is 14.6. The summed E-state index contributed by atoms with van der Waals surface area (Å²) in [5.41, 5.74) is 0.518. The third-order valence-electron chi connectivity index (χ3n) is 5.72. The maximum absolute atomic E-state index is 13.1. The van der Waals surface area contributed by atoms with Crippen molar-refractivity contribution < 1.29 is 9.53 Å². The fourth-order valence-electron chi connectivity index (χ4n) is 4.11. The molecular weight excluding hydrogens is 380 g/mol. The molecule has 4 rings (SSSR count). The highest BCUT2D eigenvalue weighted by atomic mass is 16.5. The monoisotopic (exact) mass is 406 g/mol. The number of rotatable bonds is 6. The van der Waals surface area contributed by atoms with E-state index in [9.17, 15) is 9.59 Å². The molecule has 1 aliphatic heterocycles. The SMILES string of the molecule is CCN1CCCC1CNC(=O)c1nn(-c2cccc(OC)c2)c(=O)c2ccccc12. The predicted molar refractivity (Wildman–Crippen MR) is 116 cm³/mol. The third kappa shape index (κ3) is 3.80. The molecule has 1 aromatic heterocycles. The van der Waals surface area contributed by atoms with Crippen LogP contribution in [0.4, 0.5) is 0 Å². The maximum atomic E-state index is 13.1. The van der Waals surface area contributed by atoms with Crippen LogP contribution in [0.2, 0.25) is 0 Å². The minimum absolute atomic E-state index is 0.245. The molecule has 0 aliphatic carbocycles. The molecule has 30 heavy (non-hydrogen) atoms. The summed E-state index contributed by atoms with van der Waals surface area (Å²) >= 11 is 0. The van der Waals surface area contributed by atoms with Crippen LogP contribution in [0.15, 0.2) is 53.3 Å². The highest BCUT2D eigenvalue weighted by Gasteiger charge is 2.24. The maximum Gasteiger partial charge on any atom is 0.279 e.